The summed E-state index contributed by atoms with van der Waals surface area (Å²) in [6.45, 7) is 1.75. The SMILES string of the molecule is Cc1cc(NS(=O)(=O)Cc2ccc([N+](=O)[O-])cc2)n[nH]1. The molecule has 0 saturated heterocycles. The lowest BCUT2D eigenvalue weighted by Crippen LogP contribution is -2.15. The van der Waals surface area contributed by atoms with Crippen LogP contribution in [0.1, 0.15) is 11.3 Å². The minimum atomic E-state index is -3.61. The first kappa shape index (κ1) is 14.0. The molecule has 106 valence electrons. The zero-order valence-electron chi connectivity index (χ0n) is 10.5. The number of benzene rings is 1. The number of nitro benzene ring substituents is 1. The van der Waals surface area contributed by atoms with Crippen molar-refractivity contribution in [2.45, 2.75) is 12.7 Å². The molecule has 0 aliphatic rings. The summed E-state index contributed by atoms with van der Waals surface area (Å²) in [5, 5.41) is 16.9. The van der Waals surface area contributed by atoms with E-state index in [2.05, 4.69) is 14.9 Å². The minimum absolute atomic E-state index is 0.0815. The molecule has 0 amide bonds. The van der Waals surface area contributed by atoms with Crippen molar-refractivity contribution in [1.82, 2.24) is 10.2 Å². The number of hydrogen-bond acceptors (Lipinski definition) is 5. The van der Waals surface area contributed by atoms with Gasteiger partial charge in [-0.3, -0.25) is 19.9 Å². The second-order valence-corrected chi connectivity index (χ2v) is 5.94. The number of aromatic amines is 1. The first-order valence-electron chi connectivity index (χ1n) is 5.61. The lowest BCUT2D eigenvalue weighted by molar-refractivity contribution is -0.384. The van der Waals surface area contributed by atoms with Crippen LogP contribution in [0.4, 0.5) is 11.5 Å². The normalized spacial score (nSPS) is 11.2. The summed E-state index contributed by atoms with van der Waals surface area (Å²) < 4.78 is 26.1. The molecule has 0 fully saturated rings. The van der Waals surface area contributed by atoms with E-state index in [0.29, 0.717) is 5.56 Å². The molecule has 1 aromatic carbocycles. The number of nitro groups is 1. The zero-order valence-corrected chi connectivity index (χ0v) is 11.3. The average Bonchev–Trinajstić information content (AvgIpc) is 2.73. The van der Waals surface area contributed by atoms with Gasteiger partial charge in [0.2, 0.25) is 10.0 Å². The van der Waals surface area contributed by atoms with Crippen LogP contribution in [0.2, 0.25) is 0 Å². The van der Waals surface area contributed by atoms with Crippen LogP contribution in [-0.2, 0) is 15.8 Å². The predicted octanol–water partition coefficient (Wildman–Crippen LogP) is 1.57. The van der Waals surface area contributed by atoms with Crippen LogP contribution in [-0.4, -0.2) is 23.5 Å². The van der Waals surface area contributed by atoms with Crippen molar-refractivity contribution >= 4 is 21.5 Å². The van der Waals surface area contributed by atoms with E-state index in [1.807, 2.05) is 0 Å². The number of sulfonamides is 1. The van der Waals surface area contributed by atoms with Crippen molar-refractivity contribution in [1.29, 1.82) is 0 Å². The van der Waals surface area contributed by atoms with E-state index in [1.54, 1.807) is 13.0 Å². The van der Waals surface area contributed by atoms with Crippen LogP contribution in [0.3, 0.4) is 0 Å². The van der Waals surface area contributed by atoms with E-state index in [0.717, 1.165) is 5.69 Å². The molecule has 0 atom stereocenters. The molecule has 0 aliphatic carbocycles. The van der Waals surface area contributed by atoms with Gasteiger partial charge < -0.3 is 0 Å². The van der Waals surface area contributed by atoms with E-state index >= 15 is 0 Å². The average molecular weight is 296 g/mol. The maximum Gasteiger partial charge on any atom is 0.269 e. The van der Waals surface area contributed by atoms with Crippen LogP contribution in [0, 0.1) is 17.0 Å². The molecule has 1 heterocycles. The Kier molecular flexibility index (Phi) is 3.70. The Balaban J connectivity index is 2.09. The molecule has 2 aromatic rings. The lowest BCUT2D eigenvalue weighted by atomic mass is 10.2. The van der Waals surface area contributed by atoms with Crippen LogP contribution in [0.25, 0.3) is 0 Å². The van der Waals surface area contributed by atoms with Crippen molar-refractivity contribution in [3.63, 3.8) is 0 Å². The summed E-state index contributed by atoms with van der Waals surface area (Å²) >= 11 is 0. The van der Waals surface area contributed by atoms with E-state index in [9.17, 15) is 18.5 Å². The van der Waals surface area contributed by atoms with Gasteiger partial charge in [0.1, 0.15) is 0 Å². The van der Waals surface area contributed by atoms with Crippen molar-refractivity contribution in [2.24, 2.45) is 0 Å². The Bertz CT molecular complexity index is 721. The van der Waals surface area contributed by atoms with Crippen LogP contribution >= 0.6 is 0 Å². The number of aromatic nitrogens is 2. The highest BCUT2D eigenvalue weighted by molar-refractivity contribution is 7.91. The third-order valence-electron chi connectivity index (χ3n) is 2.47. The van der Waals surface area contributed by atoms with Crippen molar-refractivity contribution < 1.29 is 13.3 Å². The molecule has 9 heteroatoms. The minimum Gasteiger partial charge on any atom is -0.281 e. The van der Waals surface area contributed by atoms with Gasteiger partial charge in [0, 0.05) is 23.9 Å². The van der Waals surface area contributed by atoms with Crippen LogP contribution in [0.5, 0.6) is 0 Å². The van der Waals surface area contributed by atoms with Crippen molar-refractivity contribution in [3.05, 3.63) is 51.7 Å². The molecular formula is C11H12N4O4S. The quantitative estimate of drug-likeness (QED) is 0.641. The highest BCUT2D eigenvalue weighted by Gasteiger charge is 2.14. The number of nitrogens with one attached hydrogen (secondary N) is 2. The Morgan fingerprint density at radius 1 is 1.35 bits per heavy atom. The van der Waals surface area contributed by atoms with Crippen LogP contribution < -0.4 is 4.72 Å². The van der Waals surface area contributed by atoms with Gasteiger partial charge >= 0.3 is 0 Å². The number of hydrogen-bond donors (Lipinski definition) is 2. The first-order valence-corrected chi connectivity index (χ1v) is 7.27. The maximum absolute atomic E-state index is 11.9. The Morgan fingerprint density at radius 2 is 2.00 bits per heavy atom. The molecule has 2 rings (SSSR count). The molecule has 0 spiro atoms. The monoisotopic (exact) mass is 296 g/mol. The number of nitrogens with zero attached hydrogens (tertiary/aromatic N) is 2. The molecule has 0 unspecified atom stereocenters. The van der Waals surface area contributed by atoms with Crippen molar-refractivity contribution in [3.8, 4) is 0 Å². The molecule has 0 saturated carbocycles. The molecule has 1 aromatic heterocycles. The standard InChI is InChI=1S/C11H12N4O4S/c1-8-6-11(13-12-8)14-20(18,19)7-9-2-4-10(5-3-9)15(16)17/h2-6H,7H2,1H3,(H2,12,13,14). The number of anilines is 1. The molecule has 8 nitrogen and oxygen atoms in total. The number of non-ortho nitro benzene ring substituents is 1. The van der Waals surface area contributed by atoms with E-state index in [1.165, 1.54) is 24.3 Å². The molecule has 0 bridgehead atoms. The number of aryl methyl sites for hydroxylation is 1. The summed E-state index contributed by atoms with van der Waals surface area (Å²) in [7, 11) is -3.61. The van der Waals surface area contributed by atoms with Gasteiger partial charge in [0.25, 0.3) is 5.69 Å². The Hall–Kier alpha value is -2.42. The first-order chi connectivity index (χ1) is 9.35. The van der Waals surface area contributed by atoms with E-state index in [-0.39, 0.29) is 17.3 Å². The third kappa shape index (κ3) is 3.54. The topological polar surface area (TPSA) is 118 Å². The Morgan fingerprint density at radius 3 is 2.50 bits per heavy atom. The number of rotatable bonds is 5. The van der Waals surface area contributed by atoms with Crippen molar-refractivity contribution in [2.75, 3.05) is 4.72 Å². The maximum atomic E-state index is 11.9. The molecular weight excluding hydrogens is 284 g/mol. The van der Waals surface area contributed by atoms with Gasteiger partial charge in [0.15, 0.2) is 5.82 Å². The van der Waals surface area contributed by atoms with Gasteiger partial charge in [0.05, 0.1) is 10.7 Å². The van der Waals surface area contributed by atoms with Gasteiger partial charge in [-0.05, 0) is 12.5 Å². The van der Waals surface area contributed by atoms with Gasteiger partial charge in [-0.15, -0.1) is 0 Å². The molecule has 2 N–H and O–H groups in total. The van der Waals surface area contributed by atoms with Crippen LogP contribution in [0.15, 0.2) is 30.3 Å². The fourth-order valence-electron chi connectivity index (χ4n) is 1.60. The third-order valence-corrected chi connectivity index (χ3v) is 3.70. The van der Waals surface area contributed by atoms with E-state index in [4.69, 9.17) is 0 Å². The fourth-order valence-corrected chi connectivity index (χ4v) is 2.73. The second kappa shape index (κ2) is 5.29. The zero-order chi connectivity index (χ0) is 14.8. The summed E-state index contributed by atoms with van der Waals surface area (Å²) in [6, 6.07) is 6.92. The number of H-pyrrole nitrogens is 1. The highest BCUT2D eigenvalue weighted by atomic mass is 32.2. The Labute approximate surface area is 115 Å². The second-order valence-electron chi connectivity index (χ2n) is 4.22. The largest absolute Gasteiger partial charge is 0.281 e. The molecule has 0 radical (unpaired) electrons. The summed E-state index contributed by atoms with van der Waals surface area (Å²) in [5.41, 5.74) is 1.11. The lowest BCUT2D eigenvalue weighted by Gasteiger charge is -2.05. The molecule has 0 aliphatic heterocycles. The summed E-state index contributed by atoms with van der Waals surface area (Å²) in [6.07, 6.45) is 0. The van der Waals surface area contributed by atoms with E-state index < -0.39 is 14.9 Å². The fraction of sp³-hybridized carbons (Fsp3) is 0.182. The van der Waals surface area contributed by atoms with Gasteiger partial charge in [-0.1, -0.05) is 12.1 Å². The molecule has 20 heavy (non-hydrogen) atoms. The van der Waals surface area contributed by atoms with Gasteiger partial charge in [-0.25, -0.2) is 8.42 Å². The van der Waals surface area contributed by atoms with Gasteiger partial charge in [-0.2, -0.15) is 5.10 Å². The summed E-state index contributed by atoms with van der Waals surface area (Å²) in [4.78, 5) is 9.97. The summed E-state index contributed by atoms with van der Waals surface area (Å²) in [5.74, 6) is -0.0684. The smallest absolute Gasteiger partial charge is 0.269 e. The predicted molar refractivity (Wildman–Crippen MR) is 72.7 cm³/mol. The highest BCUT2D eigenvalue weighted by Crippen LogP contribution is 2.15.